The summed E-state index contributed by atoms with van der Waals surface area (Å²) in [5, 5.41) is 2.90. The first-order valence-electron chi connectivity index (χ1n) is 14.3. The maximum Gasteiger partial charge on any atom is 0.411 e. The van der Waals surface area contributed by atoms with Crippen LogP contribution in [0.25, 0.3) is 11.1 Å². The predicted molar refractivity (Wildman–Crippen MR) is 161 cm³/mol. The van der Waals surface area contributed by atoms with Crippen molar-refractivity contribution in [3.63, 3.8) is 0 Å². The average molecular weight is 560 g/mol. The van der Waals surface area contributed by atoms with E-state index < -0.39 is 6.09 Å². The van der Waals surface area contributed by atoms with Crippen molar-refractivity contribution >= 4 is 29.1 Å². The molecule has 0 aromatic heterocycles. The van der Waals surface area contributed by atoms with E-state index in [1.807, 2.05) is 35.2 Å². The molecular formula is C32H38FN5O3. The molecule has 9 heteroatoms. The Balaban J connectivity index is 1.34. The number of benzene rings is 3. The molecule has 2 fully saturated rings. The van der Waals surface area contributed by atoms with E-state index in [1.54, 1.807) is 12.1 Å². The normalized spacial score (nSPS) is 15.0. The molecule has 1 aliphatic carbocycles. The molecule has 0 unspecified atom stereocenters. The first-order valence-corrected chi connectivity index (χ1v) is 14.3. The molecule has 41 heavy (non-hydrogen) atoms. The summed E-state index contributed by atoms with van der Waals surface area (Å²) < 4.78 is 18.3. The quantitative estimate of drug-likeness (QED) is 0.360. The molecule has 2 amide bonds. The molecule has 0 bridgehead atoms. The summed E-state index contributed by atoms with van der Waals surface area (Å²) in [6.45, 7) is 4.80. The van der Waals surface area contributed by atoms with E-state index >= 15 is 0 Å². The van der Waals surface area contributed by atoms with Crippen molar-refractivity contribution in [2.45, 2.75) is 25.8 Å². The number of piperazine rings is 1. The largest absolute Gasteiger partial charge is 0.453 e. The molecule has 216 valence electrons. The molecule has 1 heterocycles. The Morgan fingerprint density at radius 3 is 2.37 bits per heavy atom. The van der Waals surface area contributed by atoms with Gasteiger partial charge in [-0.3, -0.25) is 10.1 Å². The molecule has 0 radical (unpaired) electrons. The van der Waals surface area contributed by atoms with E-state index in [9.17, 15) is 14.0 Å². The van der Waals surface area contributed by atoms with Gasteiger partial charge in [-0.05, 0) is 85.0 Å². The first kappa shape index (κ1) is 28.4. The van der Waals surface area contributed by atoms with E-state index in [1.165, 1.54) is 19.2 Å². The second-order valence-corrected chi connectivity index (χ2v) is 10.7. The fraction of sp³-hybridized carbons (Fsp3) is 0.375. The number of carbonyl (C=O) groups is 2. The molecule has 0 atom stereocenters. The van der Waals surface area contributed by atoms with Crippen molar-refractivity contribution in [3.05, 3.63) is 78.1 Å². The first-order chi connectivity index (χ1) is 19.9. The van der Waals surface area contributed by atoms with Crippen molar-refractivity contribution in [2.24, 2.45) is 11.7 Å². The number of nitrogens with two attached hydrogens (primary N) is 1. The summed E-state index contributed by atoms with van der Waals surface area (Å²) in [5.74, 6) is 0.137. The van der Waals surface area contributed by atoms with Gasteiger partial charge in [-0.1, -0.05) is 24.3 Å². The lowest BCUT2D eigenvalue weighted by atomic mass is 10.0. The summed E-state index contributed by atoms with van der Waals surface area (Å²) >= 11 is 0. The van der Waals surface area contributed by atoms with Gasteiger partial charge in [0.25, 0.3) is 0 Å². The standard InChI is InChI=1S/C32H38FN5O3/c1-41-32(40)35-29-21-26(8-13-30(29)37-18-16-36(17-19-37)28-11-9-27(33)10-12-28)25-5-2-4-23(20-25)22-38(15-3-14-34)31(39)24-6-7-24/h2,4-5,8-13,20-21,24H,3,6-7,14-19,22,34H2,1H3,(H,35,40). The third kappa shape index (κ3) is 7.16. The zero-order valence-electron chi connectivity index (χ0n) is 23.5. The summed E-state index contributed by atoms with van der Waals surface area (Å²) in [6.07, 6.45) is 2.19. The Bertz CT molecular complexity index is 1350. The zero-order chi connectivity index (χ0) is 28.8. The van der Waals surface area contributed by atoms with Crippen LogP contribution in [0.15, 0.2) is 66.7 Å². The van der Waals surface area contributed by atoms with Crippen molar-refractivity contribution < 1.29 is 18.7 Å². The number of nitrogens with zero attached hydrogens (tertiary/aromatic N) is 3. The Hall–Kier alpha value is -4.11. The van der Waals surface area contributed by atoms with Crippen LogP contribution in [0, 0.1) is 11.7 Å². The fourth-order valence-electron chi connectivity index (χ4n) is 5.32. The predicted octanol–water partition coefficient (Wildman–Crippen LogP) is 5.09. The molecular weight excluding hydrogens is 521 g/mol. The number of hydrogen-bond donors (Lipinski definition) is 2. The van der Waals surface area contributed by atoms with Crippen LogP contribution in [0.3, 0.4) is 0 Å². The molecule has 5 rings (SSSR count). The van der Waals surface area contributed by atoms with Gasteiger partial charge in [0.15, 0.2) is 0 Å². The number of amides is 2. The van der Waals surface area contributed by atoms with Crippen LogP contribution in [0.1, 0.15) is 24.8 Å². The highest BCUT2D eigenvalue weighted by molar-refractivity contribution is 5.91. The lowest BCUT2D eigenvalue weighted by Crippen LogP contribution is -2.46. The van der Waals surface area contributed by atoms with Gasteiger partial charge in [0.2, 0.25) is 5.91 Å². The molecule has 0 spiro atoms. The van der Waals surface area contributed by atoms with E-state index in [2.05, 4.69) is 27.2 Å². The topological polar surface area (TPSA) is 91.1 Å². The Morgan fingerprint density at radius 2 is 1.68 bits per heavy atom. The molecule has 1 saturated heterocycles. The third-order valence-corrected chi connectivity index (χ3v) is 7.73. The highest BCUT2D eigenvalue weighted by Crippen LogP contribution is 2.34. The molecule has 3 N–H and O–H groups in total. The van der Waals surface area contributed by atoms with Crippen LogP contribution in [0.5, 0.6) is 0 Å². The van der Waals surface area contributed by atoms with Crippen LogP contribution in [0.2, 0.25) is 0 Å². The van der Waals surface area contributed by atoms with Gasteiger partial charge in [0, 0.05) is 50.9 Å². The van der Waals surface area contributed by atoms with Gasteiger partial charge in [-0.25, -0.2) is 9.18 Å². The van der Waals surface area contributed by atoms with Crippen LogP contribution in [-0.4, -0.2) is 63.3 Å². The maximum absolute atomic E-state index is 13.4. The van der Waals surface area contributed by atoms with Crippen LogP contribution in [-0.2, 0) is 16.1 Å². The minimum Gasteiger partial charge on any atom is -0.453 e. The summed E-state index contributed by atoms with van der Waals surface area (Å²) in [7, 11) is 1.35. The second kappa shape index (κ2) is 13.0. The Morgan fingerprint density at radius 1 is 0.976 bits per heavy atom. The number of anilines is 3. The van der Waals surface area contributed by atoms with E-state index in [0.717, 1.165) is 73.5 Å². The minimum absolute atomic E-state index is 0.160. The Kier molecular flexibility index (Phi) is 9.04. The highest BCUT2D eigenvalue weighted by Gasteiger charge is 2.33. The number of methoxy groups -OCH3 is 1. The maximum atomic E-state index is 13.4. The van der Waals surface area contributed by atoms with Crippen molar-refractivity contribution in [3.8, 4) is 11.1 Å². The average Bonchev–Trinajstić information content (AvgIpc) is 3.85. The van der Waals surface area contributed by atoms with Gasteiger partial charge < -0.3 is 25.2 Å². The van der Waals surface area contributed by atoms with Crippen LogP contribution < -0.4 is 20.9 Å². The van der Waals surface area contributed by atoms with Crippen LogP contribution >= 0.6 is 0 Å². The lowest BCUT2D eigenvalue weighted by Gasteiger charge is -2.38. The summed E-state index contributed by atoms with van der Waals surface area (Å²) in [4.78, 5) is 31.5. The molecule has 2 aliphatic rings. The van der Waals surface area contributed by atoms with Crippen LogP contribution in [0.4, 0.5) is 26.2 Å². The minimum atomic E-state index is -0.531. The number of carbonyl (C=O) groups excluding carboxylic acids is 2. The monoisotopic (exact) mass is 559 g/mol. The highest BCUT2D eigenvalue weighted by atomic mass is 19.1. The van der Waals surface area contributed by atoms with Gasteiger partial charge >= 0.3 is 6.09 Å². The number of rotatable bonds is 10. The smallest absolute Gasteiger partial charge is 0.411 e. The number of ether oxygens (including phenoxy) is 1. The molecule has 3 aromatic carbocycles. The molecule has 1 saturated carbocycles. The fourth-order valence-corrected chi connectivity index (χ4v) is 5.32. The van der Waals surface area contributed by atoms with Gasteiger partial charge in [0.05, 0.1) is 18.5 Å². The van der Waals surface area contributed by atoms with Gasteiger partial charge in [-0.15, -0.1) is 0 Å². The zero-order valence-corrected chi connectivity index (χ0v) is 23.5. The Labute approximate surface area is 240 Å². The van der Waals surface area contributed by atoms with E-state index in [0.29, 0.717) is 25.3 Å². The van der Waals surface area contributed by atoms with Crippen molar-refractivity contribution in [2.75, 3.05) is 61.5 Å². The van der Waals surface area contributed by atoms with Crippen molar-refractivity contribution in [1.82, 2.24) is 4.90 Å². The molecule has 1 aliphatic heterocycles. The van der Waals surface area contributed by atoms with Crippen molar-refractivity contribution in [1.29, 1.82) is 0 Å². The summed E-state index contributed by atoms with van der Waals surface area (Å²) in [5.41, 5.74) is 11.3. The van der Waals surface area contributed by atoms with E-state index in [-0.39, 0.29) is 17.6 Å². The number of hydrogen-bond acceptors (Lipinski definition) is 6. The number of halogens is 1. The SMILES string of the molecule is COC(=O)Nc1cc(-c2cccc(CN(CCCN)C(=O)C3CC3)c2)ccc1N1CCN(c2ccc(F)cc2)CC1. The summed E-state index contributed by atoms with van der Waals surface area (Å²) in [6, 6.07) is 20.8. The van der Waals surface area contributed by atoms with Gasteiger partial charge in [0.1, 0.15) is 5.82 Å². The molecule has 8 nitrogen and oxygen atoms in total. The molecule has 3 aromatic rings. The van der Waals surface area contributed by atoms with Gasteiger partial charge in [-0.2, -0.15) is 0 Å². The van der Waals surface area contributed by atoms with E-state index in [4.69, 9.17) is 10.5 Å². The number of nitrogens with one attached hydrogen (secondary N) is 1. The second-order valence-electron chi connectivity index (χ2n) is 10.7. The lowest BCUT2D eigenvalue weighted by molar-refractivity contribution is -0.133. The third-order valence-electron chi connectivity index (χ3n) is 7.73.